The minimum Gasteiger partial charge on any atom is -0.332 e. The molecule has 7 nitrogen and oxygen atoms in total. The maximum atomic E-state index is 13.7. The molecule has 1 N–H and O–H groups in total. The molecule has 7 heteroatoms. The number of carbonyl (C=O) groups excluding carboxylic acids is 1. The van der Waals surface area contributed by atoms with Gasteiger partial charge in [0, 0.05) is 17.6 Å². The first-order valence-electron chi connectivity index (χ1n) is 11.6. The smallest absolute Gasteiger partial charge is 0.257 e. The number of nitrogens with zero attached hydrogens (tertiary/aromatic N) is 4. The molecule has 2 unspecified atom stereocenters. The van der Waals surface area contributed by atoms with E-state index >= 15 is 0 Å². The first-order valence-corrected chi connectivity index (χ1v) is 11.6. The van der Waals surface area contributed by atoms with Gasteiger partial charge in [-0.25, -0.2) is 9.67 Å². The highest BCUT2D eigenvalue weighted by Crippen LogP contribution is 2.31. The predicted molar refractivity (Wildman–Crippen MR) is 122 cm³/mol. The molecule has 2 atom stereocenters. The molecule has 0 spiro atoms. The molecule has 0 radical (unpaired) electrons. The number of fused-ring (bicyclic) bond motifs is 1. The highest BCUT2D eigenvalue weighted by atomic mass is 16.2. The highest BCUT2D eigenvalue weighted by molar-refractivity contribution is 5.95. The van der Waals surface area contributed by atoms with Gasteiger partial charge in [-0.05, 0) is 57.4 Å². The molecule has 2 aromatic heterocycles. The second-order valence-corrected chi connectivity index (χ2v) is 8.92. The van der Waals surface area contributed by atoms with E-state index in [4.69, 9.17) is 0 Å². The number of hydrogen-bond acceptors (Lipinski definition) is 4. The van der Waals surface area contributed by atoms with Crippen LogP contribution in [0.25, 0.3) is 5.95 Å². The molecule has 0 saturated carbocycles. The number of carbonyl (C=O) groups is 1. The molecule has 1 fully saturated rings. The summed E-state index contributed by atoms with van der Waals surface area (Å²) in [5.41, 5.74) is 4.06. The topological polar surface area (TPSA) is 83.9 Å². The number of hydrogen-bond donors (Lipinski definition) is 1. The number of nitrogens with one attached hydrogen (secondary N) is 1. The molecule has 1 aliphatic heterocycles. The van der Waals surface area contributed by atoms with E-state index in [1.165, 1.54) is 5.56 Å². The van der Waals surface area contributed by atoms with Crippen molar-refractivity contribution >= 4 is 5.91 Å². The average molecular weight is 432 g/mol. The Labute approximate surface area is 187 Å². The number of amides is 1. The summed E-state index contributed by atoms with van der Waals surface area (Å²) in [6.07, 6.45) is 7.97. The predicted octanol–water partition coefficient (Wildman–Crippen LogP) is 3.38. The van der Waals surface area contributed by atoms with E-state index in [-0.39, 0.29) is 23.6 Å². The van der Waals surface area contributed by atoms with Crippen LogP contribution in [0.5, 0.6) is 0 Å². The fourth-order valence-electron chi connectivity index (χ4n) is 5.28. The van der Waals surface area contributed by atoms with Gasteiger partial charge in [0.1, 0.15) is 0 Å². The van der Waals surface area contributed by atoms with Crippen molar-refractivity contribution in [2.75, 3.05) is 0 Å². The van der Waals surface area contributed by atoms with Crippen LogP contribution in [0.3, 0.4) is 0 Å². The Morgan fingerprint density at radius 2 is 1.94 bits per heavy atom. The molecular weight excluding hydrogens is 402 g/mol. The lowest BCUT2D eigenvalue weighted by atomic mass is 10.0. The fraction of sp³-hybridized carbons (Fsp3) is 0.440. The maximum Gasteiger partial charge on any atom is 0.257 e. The van der Waals surface area contributed by atoms with Crippen LogP contribution in [-0.4, -0.2) is 42.6 Å². The van der Waals surface area contributed by atoms with E-state index in [2.05, 4.69) is 39.0 Å². The molecule has 3 heterocycles. The maximum absolute atomic E-state index is 13.7. The van der Waals surface area contributed by atoms with Gasteiger partial charge in [0.05, 0.1) is 23.1 Å². The molecule has 5 rings (SSSR count). The SMILES string of the molecule is CCC1CCC(Cc2ccccc2)N1C(=O)c1cnn(-c2nc3c(c(=O)[nH]2)CCC3)c1C. The number of likely N-dealkylation sites (tertiary alicyclic amines) is 1. The van der Waals surface area contributed by atoms with Crippen LogP contribution in [0, 0.1) is 6.92 Å². The molecular formula is C25H29N5O2. The quantitative estimate of drug-likeness (QED) is 0.671. The van der Waals surface area contributed by atoms with E-state index in [1.54, 1.807) is 10.9 Å². The van der Waals surface area contributed by atoms with Gasteiger partial charge in [0.2, 0.25) is 5.95 Å². The van der Waals surface area contributed by atoms with E-state index in [1.807, 2.05) is 25.1 Å². The molecule has 3 aromatic rings. The first kappa shape index (κ1) is 20.7. The largest absolute Gasteiger partial charge is 0.332 e. The number of aromatic amines is 1. The summed E-state index contributed by atoms with van der Waals surface area (Å²) in [6.45, 7) is 4.02. The zero-order chi connectivity index (χ0) is 22.2. The molecule has 1 aliphatic carbocycles. The van der Waals surface area contributed by atoms with Crippen molar-refractivity contribution in [1.82, 2.24) is 24.6 Å². The van der Waals surface area contributed by atoms with Crippen LogP contribution in [-0.2, 0) is 19.3 Å². The Balaban J connectivity index is 1.45. The number of rotatable bonds is 5. The summed E-state index contributed by atoms with van der Waals surface area (Å²) in [6, 6.07) is 10.8. The lowest BCUT2D eigenvalue weighted by Crippen LogP contribution is -2.42. The zero-order valence-corrected chi connectivity index (χ0v) is 18.7. The molecule has 1 aromatic carbocycles. The first-order chi connectivity index (χ1) is 15.6. The second-order valence-electron chi connectivity index (χ2n) is 8.92. The number of aryl methyl sites for hydroxylation is 1. The van der Waals surface area contributed by atoms with Crippen LogP contribution in [0.2, 0.25) is 0 Å². The van der Waals surface area contributed by atoms with Gasteiger partial charge in [-0.2, -0.15) is 5.10 Å². The molecule has 166 valence electrons. The van der Waals surface area contributed by atoms with Crippen molar-refractivity contribution < 1.29 is 4.79 Å². The Morgan fingerprint density at radius 3 is 2.72 bits per heavy atom. The van der Waals surface area contributed by atoms with Crippen LogP contribution < -0.4 is 5.56 Å². The standard InChI is InChI=1S/C25H29N5O2/c1-3-18-12-13-19(14-17-8-5-4-6-9-17)29(18)24(32)21-15-26-30(16(21)2)25-27-22-11-7-10-20(22)23(31)28-25/h4-6,8-9,15,18-19H,3,7,10-14H2,1-2H3,(H,27,28,31). The minimum absolute atomic E-state index is 0.0162. The number of aromatic nitrogens is 4. The van der Waals surface area contributed by atoms with Gasteiger partial charge in [-0.15, -0.1) is 0 Å². The third kappa shape index (κ3) is 3.55. The van der Waals surface area contributed by atoms with Gasteiger partial charge in [0.25, 0.3) is 11.5 Å². The van der Waals surface area contributed by atoms with Gasteiger partial charge in [-0.3, -0.25) is 14.6 Å². The van der Waals surface area contributed by atoms with Gasteiger partial charge < -0.3 is 4.90 Å². The summed E-state index contributed by atoms with van der Waals surface area (Å²) in [4.78, 5) is 35.7. The average Bonchev–Trinajstić information content (AvgIpc) is 3.52. The van der Waals surface area contributed by atoms with Crippen molar-refractivity contribution in [1.29, 1.82) is 0 Å². The molecule has 32 heavy (non-hydrogen) atoms. The fourth-order valence-corrected chi connectivity index (χ4v) is 5.28. The monoisotopic (exact) mass is 431 g/mol. The Bertz CT molecular complexity index is 1200. The van der Waals surface area contributed by atoms with Crippen molar-refractivity contribution in [3.63, 3.8) is 0 Å². The van der Waals surface area contributed by atoms with Crippen molar-refractivity contribution in [2.45, 2.75) is 70.9 Å². The third-order valence-electron chi connectivity index (χ3n) is 7.01. The summed E-state index contributed by atoms with van der Waals surface area (Å²) in [5.74, 6) is 0.407. The summed E-state index contributed by atoms with van der Waals surface area (Å²) >= 11 is 0. The molecule has 1 amide bonds. The van der Waals surface area contributed by atoms with Gasteiger partial charge >= 0.3 is 0 Å². The van der Waals surface area contributed by atoms with Crippen molar-refractivity contribution in [3.05, 3.63) is 75.0 Å². The van der Waals surface area contributed by atoms with Crippen LogP contribution in [0.1, 0.15) is 65.5 Å². The lowest BCUT2D eigenvalue weighted by molar-refractivity contribution is 0.0662. The lowest BCUT2D eigenvalue weighted by Gasteiger charge is -2.30. The Hall–Kier alpha value is -3.22. The van der Waals surface area contributed by atoms with Gasteiger partial charge in [-0.1, -0.05) is 37.3 Å². The Kier molecular flexibility index (Phi) is 5.41. The number of H-pyrrole nitrogens is 1. The summed E-state index contributed by atoms with van der Waals surface area (Å²) < 4.78 is 1.59. The molecule has 0 bridgehead atoms. The summed E-state index contributed by atoms with van der Waals surface area (Å²) in [7, 11) is 0. The number of benzene rings is 1. The summed E-state index contributed by atoms with van der Waals surface area (Å²) in [5, 5.41) is 4.44. The van der Waals surface area contributed by atoms with Crippen LogP contribution in [0.15, 0.2) is 41.3 Å². The Morgan fingerprint density at radius 1 is 1.16 bits per heavy atom. The van der Waals surface area contributed by atoms with Crippen molar-refractivity contribution in [3.8, 4) is 5.95 Å². The van der Waals surface area contributed by atoms with E-state index in [0.717, 1.165) is 56.2 Å². The second kappa shape index (κ2) is 8.37. The zero-order valence-electron chi connectivity index (χ0n) is 18.7. The van der Waals surface area contributed by atoms with E-state index in [9.17, 15) is 9.59 Å². The van der Waals surface area contributed by atoms with Crippen molar-refractivity contribution in [2.24, 2.45) is 0 Å². The van der Waals surface area contributed by atoms with Gasteiger partial charge in [0.15, 0.2) is 0 Å². The normalized spacial score (nSPS) is 20.0. The minimum atomic E-state index is -0.0983. The van der Waals surface area contributed by atoms with E-state index < -0.39 is 0 Å². The third-order valence-corrected chi connectivity index (χ3v) is 7.01. The molecule has 2 aliphatic rings. The van der Waals surface area contributed by atoms with Crippen LogP contribution in [0.4, 0.5) is 0 Å². The van der Waals surface area contributed by atoms with E-state index in [0.29, 0.717) is 17.2 Å². The molecule has 1 saturated heterocycles. The van der Waals surface area contributed by atoms with Crippen LogP contribution >= 0.6 is 0 Å². The highest BCUT2D eigenvalue weighted by Gasteiger charge is 2.37.